The highest BCUT2D eigenvalue weighted by molar-refractivity contribution is 7.98. The molecule has 4 rings (SSSR count). The second kappa shape index (κ2) is 5.22. The topological polar surface area (TPSA) is 50.7 Å². The standard InChI is InChI=1S/C16H17N3OS/c20-15-17-18-16(21-10-11-4-2-1-3-5-11)19(15)14-9-12-6-7-13(14)8-12/h1-7,12-14H,8-10H2,(H,17,20)/t12-,13-,14-/m1/s1. The molecule has 5 heteroatoms. The van der Waals surface area contributed by atoms with Crippen LogP contribution in [0.1, 0.15) is 24.4 Å². The van der Waals surface area contributed by atoms with Crippen LogP contribution in [-0.2, 0) is 5.75 Å². The fourth-order valence-corrected chi connectivity index (χ4v) is 4.41. The van der Waals surface area contributed by atoms with Gasteiger partial charge in [-0.15, -0.1) is 5.10 Å². The smallest absolute Gasteiger partial charge is 0.266 e. The van der Waals surface area contributed by atoms with Gasteiger partial charge in [0.25, 0.3) is 0 Å². The average Bonchev–Trinajstić information content (AvgIpc) is 3.21. The molecule has 0 radical (unpaired) electrons. The minimum Gasteiger partial charge on any atom is -0.266 e. The first-order chi connectivity index (χ1) is 10.3. The van der Waals surface area contributed by atoms with Crippen molar-refractivity contribution in [3.63, 3.8) is 0 Å². The molecule has 1 saturated carbocycles. The van der Waals surface area contributed by atoms with Crippen LogP contribution in [0.2, 0.25) is 0 Å². The maximum atomic E-state index is 12.1. The molecule has 2 bridgehead atoms. The van der Waals surface area contributed by atoms with Crippen molar-refractivity contribution >= 4 is 11.8 Å². The van der Waals surface area contributed by atoms with Crippen molar-refractivity contribution in [3.05, 3.63) is 58.5 Å². The molecule has 1 heterocycles. The molecule has 21 heavy (non-hydrogen) atoms. The van der Waals surface area contributed by atoms with Gasteiger partial charge in [0.1, 0.15) is 0 Å². The van der Waals surface area contributed by atoms with E-state index >= 15 is 0 Å². The van der Waals surface area contributed by atoms with Gasteiger partial charge in [-0.05, 0) is 30.2 Å². The van der Waals surface area contributed by atoms with Crippen molar-refractivity contribution in [2.75, 3.05) is 0 Å². The molecule has 1 N–H and O–H groups in total. The van der Waals surface area contributed by atoms with Crippen molar-refractivity contribution in [3.8, 4) is 0 Å². The number of fused-ring (bicyclic) bond motifs is 2. The van der Waals surface area contributed by atoms with Gasteiger partial charge in [-0.3, -0.25) is 4.57 Å². The zero-order valence-electron chi connectivity index (χ0n) is 11.6. The highest BCUT2D eigenvalue weighted by atomic mass is 32.2. The van der Waals surface area contributed by atoms with Gasteiger partial charge in [0.2, 0.25) is 0 Å². The van der Waals surface area contributed by atoms with E-state index in [1.54, 1.807) is 11.8 Å². The lowest BCUT2D eigenvalue weighted by Crippen LogP contribution is -2.25. The predicted octanol–water partition coefficient (Wildman–Crippen LogP) is 3.00. The zero-order valence-corrected chi connectivity index (χ0v) is 12.4. The van der Waals surface area contributed by atoms with Crippen molar-refractivity contribution in [2.24, 2.45) is 11.8 Å². The molecular formula is C16H17N3OS. The van der Waals surface area contributed by atoms with Gasteiger partial charge in [0.05, 0.1) is 0 Å². The Balaban J connectivity index is 1.57. The van der Waals surface area contributed by atoms with E-state index < -0.39 is 0 Å². The Labute approximate surface area is 127 Å². The van der Waals surface area contributed by atoms with Crippen LogP contribution in [0.5, 0.6) is 0 Å². The summed E-state index contributed by atoms with van der Waals surface area (Å²) in [5.41, 5.74) is 1.17. The van der Waals surface area contributed by atoms with Gasteiger partial charge >= 0.3 is 5.69 Å². The van der Waals surface area contributed by atoms with E-state index in [1.807, 2.05) is 22.8 Å². The van der Waals surface area contributed by atoms with E-state index in [1.165, 1.54) is 12.0 Å². The molecule has 108 valence electrons. The van der Waals surface area contributed by atoms with Gasteiger partial charge in [0.15, 0.2) is 5.16 Å². The Morgan fingerprint density at radius 3 is 2.81 bits per heavy atom. The third-order valence-corrected chi connectivity index (χ3v) is 5.48. The first-order valence-corrected chi connectivity index (χ1v) is 8.32. The maximum absolute atomic E-state index is 12.1. The molecule has 2 aromatic rings. The lowest BCUT2D eigenvalue weighted by molar-refractivity contribution is 0.396. The quantitative estimate of drug-likeness (QED) is 0.697. The predicted molar refractivity (Wildman–Crippen MR) is 83.2 cm³/mol. The lowest BCUT2D eigenvalue weighted by atomic mass is 10.0. The largest absolute Gasteiger partial charge is 0.344 e. The van der Waals surface area contributed by atoms with Crippen LogP contribution >= 0.6 is 11.8 Å². The molecule has 1 fully saturated rings. The summed E-state index contributed by atoms with van der Waals surface area (Å²) in [5.74, 6) is 1.98. The van der Waals surface area contributed by atoms with E-state index in [4.69, 9.17) is 0 Å². The monoisotopic (exact) mass is 299 g/mol. The van der Waals surface area contributed by atoms with E-state index in [2.05, 4.69) is 34.5 Å². The first-order valence-electron chi connectivity index (χ1n) is 7.33. The summed E-state index contributed by atoms with van der Waals surface area (Å²) in [7, 11) is 0. The summed E-state index contributed by atoms with van der Waals surface area (Å²) >= 11 is 1.63. The summed E-state index contributed by atoms with van der Waals surface area (Å²) in [6.07, 6.45) is 6.82. The van der Waals surface area contributed by atoms with Crippen LogP contribution in [0.4, 0.5) is 0 Å². The van der Waals surface area contributed by atoms with Crippen molar-refractivity contribution in [2.45, 2.75) is 29.8 Å². The van der Waals surface area contributed by atoms with E-state index in [0.29, 0.717) is 11.8 Å². The van der Waals surface area contributed by atoms with Gasteiger partial charge in [-0.2, -0.15) is 0 Å². The van der Waals surface area contributed by atoms with Crippen LogP contribution in [0, 0.1) is 11.8 Å². The second-order valence-corrected chi connectivity index (χ2v) is 6.75. The van der Waals surface area contributed by atoms with Crippen molar-refractivity contribution in [1.29, 1.82) is 0 Å². The van der Waals surface area contributed by atoms with Crippen LogP contribution < -0.4 is 5.69 Å². The molecule has 0 aliphatic heterocycles. The normalized spacial score (nSPS) is 26.6. The summed E-state index contributed by atoms with van der Waals surface area (Å²) in [6.45, 7) is 0. The van der Waals surface area contributed by atoms with Gasteiger partial charge in [-0.1, -0.05) is 54.2 Å². The minimum absolute atomic E-state index is 0.0727. The molecule has 1 aromatic heterocycles. The molecular weight excluding hydrogens is 282 g/mol. The lowest BCUT2D eigenvalue weighted by Gasteiger charge is -2.20. The molecule has 2 aliphatic rings. The Morgan fingerprint density at radius 1 is 1.24 bits per heavy atom. The molecule has 0 spiro atoms. The Bertz CT molecular complexity index is 719. The van der Waals surface area contributed by atoms with Crippen LogP contribution in [0.3, 0.4) is 0 Å². The molecule has 0 amide bonds. The minimum atomic E-state index is -0.0727. The molecule has 1 aromatic carbocycles. The number of hydrogen-bond acceptors (Lipinski definition) is 3. The molecule has 0 unspecified atom stereocenters. The van der Waals surface area contributed by atoms with Gasteiger partial charge < -0.3 is 0 Å². The van der Waals surface area contributed by atoms with Crippen LogP contribution in [-0.4, -0.2) is 14.8 Å². The number of nitrogens with zero attached hydrogens (tertiary/aromatic N) is 2. The Morgan fingerprint density at radius 2 is 2.10 bits per heavy atom. The number of hydrogen-bond donors (Lipinski definition) is 1. The van der Waals surface area contributed by atoms with Crippen molar-refractivity contribution < 1.29 is 0 Å². The maximum Gasteiger partial charge on any atom is 0.344 e. The van der Waals surface area contributed by atoms with Crippen molar-refractivity contribution in [1.82, 2.24) is 14.8 Å². The Hall–Kier alpha value is -1.75. The first kappa shape index (κ1) is 13.0. The van der Waals surface area contributed by atoms with E-state index in [0.717, 1.165) is 17.3 Å². The molecule has 3 atom stereocenters. The summed E-state index contributed by atoms with van der Waals surface area (Å²) in [4.78, 5) is 12.1. The third kappa shape index (κ3) is 2.35. The molecule has 2 aliphatic carbocycles. The summed E-state index contributed by atoms with van der Waals surface area (Å²) < 4.78 is 1.88. The summed E-state index contributed by atoms with van der Waals surface area (Å²) in [5, 5.41) is 7.66. The fraction of sp³-hybridized carbons (Fsp3) is 0.375. The van der Waals surface area contributed by atoms with Gasteiger partial charge in [0, 0.05) is 11.8 Å². The number of nitrogens with one attached hydrogen (secondary N) is 1. The number of aromatic amines is 1. The number of thioether (sulfide) groups is 1. The van der Waals surface area contributed by atoms with Crippen LogP contribution in [0.25, 0.3) is 0 Å². The highest BCUT2D eigenvalue weighted by Crippen LogP contribution is 2.46. The van der Waals surface area contributed by atoms with E-state index in [-0.39, 0.29) is 11.7 Å². The van der Waals surface area contributed by atoms with E-state index in [9.17, 15) is 4.79 Å². The van der Waals surface area contributed by atoms with Crippen LogP contribution in [0.15, 0.2) is 52.4 Å². The number of aromatic nitrogens is 3. The van der Waals surface area contributed by atoms with Gasteiger partial charge in [-0.25, -0.2) is 9.89 Å². The highest BCUT2D eigenvalue weighted by Gasteiger charge is 2.38. The number of benzene rings is 1. The molecule has 0 saturated heterocycles. The second-order valence-electron chi connectivity index (χ2n) is 5.80. The molecule has 4 nitrogen and oxygen atoms in total. The number of rotatable bonds is 4. The third-order valence-electron chi connectivity index (χ3n) is 4.46. The number of H-pyrrole nitrogens is 1. The number of allylic oxidation sites excluding steroid dienone is 2. The zero-order chi connectivity index (χ0) is 14.2. The average molecular weight is 299 g/mol. The Kier molecular flexibility index (Phi) is 3.22. The summed E-state index contributed by atoms with van der Waals surface area (Å²) in [6, 6.07) is 10.6. The fourth-order valence-electron chi connectivity index (χ4n) is 3.46. The SMILES string of the molecule is O=c1[nH]nc(SCc2ccccc2)n1[C@@H]1C[C@@H]2C=C[C@@H]1C2.